The predicted molar refractivity (Wildman–Crippen MR) is 80.3 cm³/mol. The van der Waals surface area contributed by atoms with Crippen molar-refractivity contribution in [2.45, 2.75) is 24.8 Å². The summed E-state index contributed by atoms with van der Waals surface area (Å²) in [5, 5.41) is 7.37. The van der Waals surface area contributed by atoms with E-state index in [1.54, 1.807) is 0 Å². The zero-order valence-electron chi connectivity index (χ0n) is 12.7. The van der Waals surface area contributed by atoms with Crippen molar-refractivity contribution < 1.29 is 51.2 Å². The van der Waals surface area contributed by atoms with Crippen molar-refractivity contribution in [3.05, 3.63) is 12.4 Å². The molecule has 4 N–H and O–H groups in total. The van der Waals surface area contributed by atoms with Crippen LogP contribution in [0.1, 0.15) is 12.5 Å². The molecule has 15 nitrogen and oxygen atoms in total. The SMILES string of the molecule is [B]=N[C@H]1CC(n2ccnn2)[C@@H](COP(=O)(O)OP(=O)(O)OP(=O)(O)O)O1. The van der Waals surface area contributed by atoms with Crippen LogP contribution in [-0.4, -0.2) is 61.1 Å². The summed E-state index contributed by atoms with van der Waals surface area (Å²) in [4.78, 5) is 38.9. The minimum atomic E-state index is -5.59. The van der Waals surface area contributed by atoms with Crippen LogP contribution in [0.3, 0.4) is 0 Å². The van der Waals surface area contributed by atoms with Gasteiger partial charge in [-0.1, -0.05) is 0 Å². The first-order valence-electron chi connectivity index (χ1n) is 6.60. The van der Waals surface area contributed by atoms with Crippen LogP contribution < -0.4 is 0 Å². The summed E-state index contributed by atoms with van der Waals surface area (Å²) in [5.74, 6) is 0. The van der Waals surface area contributed by atoms with E-state index in [2.05, 4.69) is 28.4 Å². The molecule has 1 aromatic heterocycles. The zero-order chi connectivity index (χ0) is 19.6. The van der Waals surface area contributed by atoms with Crippen LogP contribution in [0.4, 0.5) is 0 Å². The number of rotatable bonds is 9. The van der Waals surface area contributed by atoms with E-state index in [9.17, 15) is 18.6 Å². The summed E-state index contributed by atoms with van der Waals surface area (Å²) in [6.07, 6.45) is 1.43. The van der Waals surface area contributed by atoms with Crippen LogP contribution in [0.15, 0.2) is 17.3 Å². The van der Waals surface area contributed by atoms with Crippen LogP contribution in [0.5, 0.6) is 0 Å². The molecule has 145 valence electrons. The number of hydrogen-bond acceptors (Lipinski definition) is 10. The third-order valence-corrected chi connectivity index (χ3v) is 6.77. The van der Waals surface area contributed by atoms with Crippen LogP contribution in [0, 0.1) is 0 Å². The number of aromatic nitrogens is 3. The van der Waals surface area contributed by atoms with Crippen LogP contribution in [-0.2, 0) is 31.6 Å². The molecule has 1 fully saturated rings. The predicted octanol–water partition coefficient (Wildman–Crippen LogP) is -0.370. The second-order valence-electron chi connectivity index (χ2n) is 4.85. The van der Waals surface area contributed by atoms with Gasteiger partial charge in [0.05, 0.1) is 0 Å². The molecule has 0 aliphatic carbocycles. The normalized spacial score (nSPS) is 28.3. The van der Waals surface area contributed by atoms with Gasteiger partial charge in [-0.3, -0.25) is 0 Å². The fourth-order valence-corrected chi connectivity index (χ4v) is 5.13. The monoisotopic (exact) mass is 433 g/mol. The van der Waals surface area contributed by atoms with Crippen molar-refractivity contribution in [1.82, 2.24) is 15.0 Å². The molecule has 0 bridgehead atoms. The van der Waals surface area contributed by atoms with E-state index < -0.39 is 48.4 Å². The third-order valence-electron chi connectivity index (χ3n) is 2.97. The Hall–Kier alpha value is -0.625. The van der Waals surface area contributed by atoms with E-state index in [1.807, 2.05) is 0 Å². The van der Waals surface area contributed by atoms with Gasteiger partial charge in [-0.15, -0.1) is 0 Å². The van der Waals surface area contributed by atoms with Gasteiger partial charge in [-0.2, -0.15) is 0 Å². The average Bonchev–Trinajstić information content (AvgIpc) is 3.10. The Morgan fingerprint density at radius 1 is 1.23 bits per heavy atom. The first kappa shape index (κ1) is 21.7. The summed E-state index contributed by atoms with van der Waals surface area (Å²) in [6, 6.07) is -0.540. The molecule has 2 heterocycles. The Morgan fingerprint density at radius 3 is 2.46 bits per heavy atom. The Balaban J connectivity index is 2.01. The molecule has 19 heteroatoms. The molecular formula is C7H13BN4O11P3. The molecule has 0 amide bonds. The number of phosphoric acid groups is 3. The Kier molecular flexibility index (Phi) is 6.81. The topological polar surface area (TPSA) is 212 Å². The number of ether oxygens (including phenoxy) is 1. The van der Waals surface area contributed by atoms with Gasteiger partial charge in [0.2, 0.25) is 0 Å². The molecule has 0 aromatic carbocycles. The number of nitrogens with zero attached hydrogens (tertiary/aromatic N) is 4. The van der Waals surface area contributed by atoms with E-state index in [-0.39, 0.29) is 6.42 Å². The standard InChI is InChI=1S/C7H13BN4O11P3/c8-10-7-3-5(12-2-1-9-11-12)6(21-7)4-20-25(16,17)23-26(18,19)22-24(13,14)15/h1-2,5-7H,3-4H2,(H,16,17)(H,18,19)(H2,13,14,15)/t5?,6-,7-/m1/s1. The van der Waals surface area contributed by atoms with Crippen LogP contribution in [0.2, 0.25) is 0 Å². The van der Waals surface area contributed by atoms with E-state index in [4.69, 9.17) is 27.1 Å². The first-order valence-corrected chi connectivity index (χ1v) is 11.1. The summed E-state index contributed by atoms with van der Waals surface area (Å²) < 4.78 is 52.0. The van der Waals surface area contributed by atoms with Crippen molar-refractivity contribution >= 4 is 31.1 Å². The zero-order valence-corrected chi connectivity index (χ0v) is 15.3. The molecular weight excluding hydrogens is 420 g/mol. The van der Waals surface area contributed by atoms with Gasteiger partial charge in [0, 0.05) is 0 Å². The summed E-state index contributed by atoms with van der Waals surface area (Å²) in [5.41, 5.74) is 0. The molecule has 3 unspecified atom stereocenters. The summed E-state index contributed by atoms with van der Waals surface area (Å²) in [6.45, 7) is -0.639. The Bertz CT molecular complexity index is 770. The van der Waals surface area contributed by atoms with Crippen molar-refractivity contribution in [2.24, 2.45) is 4.90 Å². The fraction of sp³-hybridized carbons (Fsp3) is 0.714. The summed E-state index contributed by atoms with van der Waals surface area (Å²) >= 11 is 0. The van der Waals surface area contributed by atoms with Crippen molar-refractivity contribution in [3.8, 4) is 0 Å². The first-order chi connectivity index (χ1) is 11.9. The van der Waals surface area contributed by atoms with E-state index in [1.165, 1.54) is 17.1 Å². The molecule has 1 aliphatic heterocycles. The summed E-state index contributed by atoms with van der Waals surface area (Å²) in [7, 11) is -11.1. The van der Waals surface area contributed by atoms with Gasteiger partial charge in [0.15, 0.2) is 0 Å². The van der Waals surface area contributed by atoms with Gasteiger partial charge < -0.3 is 0 Å². The Labute approximate surface area is 146 Å². The second-order valence-corrected chi connectivity index (χ2v) is 9.27. The fourth-order valence-electron chi connectivity index (χ4n) is 2.10. The van der Waals surface area contributed by atoms with Crippen molar-refractivity contribution in [1.29, 1.82) is 0 Å². The van der Waals surface area contributed by atoms with Crippen molar-refractivity contribution in [3.63, 3.8) is 0 Å². The molecule has 0 saturated carbocycles. The molecule has 0 spiro atoms. The molecule has 2 rings (SSSR count). The van der Waals surface area contributed by atoms with Gasteiger partial charge in [0.25, 0.3) is 0 Å². The maximum atomic E-state index is 11.7. The Morgan fingerprint density at radius 2 is 1.92 bits per heavy atom. The van der Waals surface area contributed by atoms with Crippen LogP contribution >= 0.6 is 23.5 Å². The van der Waals surface area contributed by atoms with E-state index in [0.717, 1.165) is 0 Å². The molecule has 1 saturated heterocycles. The van der Waals surface area contributed by atoms with E-state index in [0.29, 0.717) is 0 Å². The second kappa shape index (κ2) is 8.17. The number of hydrogen-bond donors (Lipinski definition) is 4. The van der Waals surface area contributed by atoms with Gasteiger partial charge in [0.1, 0.15) is 0 Å². The number of phosphoric ester groups is 1. The molecule has 5 atom stereocenters. The quantitative estimate of drug-likeness (QED) is 0.289. The van der Waals surface area contributed by atoms with Crippen molar-refractivity contribution in [2.75, 3.05) is 6.61 Å². The third kappa shape index (κ3) is 6.52. The molecule has 1 aliphatic rings. The van der Waals surface area contributed by atoms with Gasteiger partial charge in [-0.05, 0) is 0 Å². The minimum absolute atomic E-state index is 0.240. The average molecular weight is 433 g/mol. The van der Waals surface area contributed by atoms with E-state index >= 15 is 0 Å². The van der Waals surface area contributed by atoms with Gasteiger partial charge >= 0.3 is 146 Å². The van der Waals surface area contributed by atoms with Crippen LogP contribution in [0.25, 0.3) is 0 Å². The van der Waals surface area contributed by atoms with Gasteiger partial charge in [-0.25, -0.2) is 0 Å². The molecule has 26 heavy (non-hydrogen) atoms. The maximum absolute atomic E-state index is 11.7. The molecule has 1 aromatic rings. The molecule has 1 radical (unpaired) electrons.